The highest BCUT2D eigenvalue weighted by Crippen LogP contribution is 2.27. The monoisotopic (exact) mass is 481 g/mol. The zero-order chi connectivity index (χ0) is 20.7. The molecule has 3 aromatic rings. The Bertz CT molecular complexity index is 1100. The molecule has 0 saturated heterocycles. The van der Waals surface area contributed by atoms with E-state index in [0.29, 0.717) is 17.7 Å². The molecule has 5 rings (SSSR count). The minimum atomic E-state index is -0.179. The first-order chi connectivity index (χ1) is 14.7. The molecule has 6 nitrogen and oxygen atoms in total. The molecule has 3 heterocycles. The average molecular weight is 482 g/mol. The van der Waals surface area contributed by atoms with Crippen molar-refractivity contribution in [3.05, 3.63) is 71.7 Å². The number of aromatic nitrogens is 2. The van der Waals surface area contributed by atoms with Crippen molar-refractivity contribution in [2.24, 2.45) is 0 Å². The second-order valence-corrected chi connectivity index (χ2v) is 7.77. The largest absolute Gasteiger partial charge is 1.00 e. The Balaban J connectivity index is 0.00000231. The number of hydrogen-bond acceptors (Lipinski definition) is 3. The van der Waals surface area contributed by atoms with Crippen molar-refractivity contribution in [2.75, 3.05) is 13.7 Å². The van der Waals surface area contributed by atoms with Gasteiger partial charge in [0.15, 0.2) is 5.69 Å². The molecule has 0 fully saturated rings. The molecular formula is C24H24BrN3O3. The number of carbonyl (C=O) groups is 2. The van der Waals surface area contributed by atoms with Gasteiger partial charge in [0.2, 0.25) is 0 Å². The van der Waals surface area contributed by atoms with Crippen LogP contribution in [-0.4, -0.2) is 34.9 Å². The summed E-state index contributed by atoms with van der Waals surface area (Å²) in [5.41, 5.74) is 3.40. The molecule has 7 heteroatoms. The fraction of sp³-hybridized carbons (Fsp3) is 0.292. The summed E-state index contributed by atoms with van der Waals surface area (Å²) in [6, 6.07) is 15.2. The average Bonchev–Trinajstić information content (AvgIpc) is 3.45. The number of methoxy groups -OCH3 is 1. The van der Waals surface area contributed by atoms with Gasteiger partial charge in [-0.2, -0.15) is 0 Å². The van der Waals surface area contributed by atoms with Gasteiger partial charge in [-0.1, -0.05) is 12.1 Å². The van der Waals surface area contributed by atoms with Gasteiger partial charge in [0, 0.05) is 18.5 Å². The molecule has 0 bridgehead atoms. The summed E-state index contributed by atoms with van der Waals surface area (Å²) in [7, 11) is 1.67. The number of nitrogens with zero attached hydrogens (tertiary/aromatic N) is 3. The maximum atomic E-state index is 12.6. The lowest BCUT2D eigenvalue weighted by atomic mass is 10.1. The van der Waals surface area contributed by atoms with Gasteiger partial charge >= 0.3 is 0 Å². The zero-order valence-electron chi connectivity index (χ0n) is 17.4. The van der Waals surface area contributed by atoms with Crippen LogP contribution < -0.4 is 26.3 Å². The minimum Gasteiger partial charge on any atom is -1.00 e. The third-order valence-electron chi connectivity index (χ3n) is 6.04. The third kappa shape index (κ3) is 3.67. The number of halogens is 1. The Morgan fingerprint density at radius 2 is 1.68 bits per heavy atom. The van der Waals surface area contributed by atoms with Crippen molar-refractivity contribution >= 4 is 11.8 Å². The maximum Gasteiger partial charge on any atom is 0.261 e. The molecule has 2 aromatic carbocycles. The van der Waals surface area contributed by atoms with Crippen LogP contribution in [-0.2, 0) is 19.5 Å². The highest BCUT2D eigenvalue weighted by molar-refractivity contribution is 6.21. The van der Waals surface area contributed by atoms with Crippen LogP contribution in [0.25, 0.3) is 11.3 Å². The van der Waals surface area contributed by atoms with E-state index in [-0.39, 0.29) is 28.8 Å². The van der Waals surface area contributed by atoms with Crippen LogP contribution in [0.1, 0.15) is 39.4 Å². The van der Waals surface area contributed by atoms with Crippen LogP contribution in [0.15, 0.2) is 54.7 Å². The van der Waals surface area contributed by atoms with Gasteiger partial charge in [-0.3, -0.25) is 14.5 Å². The Hall–Kier alpha value is -2.93. The van der Waals surface area contributed by atoms with Gasteiger partial charge in [0.05, 0.1) is 37.7 Å². The molecule has 0 N–H and O–H groups in total. The summed E-state index contributed by atoms with van der Waals surface area (Å²) in [6.45, 7) is 2.23. The third-order valence-corrected chi connectivity index (χ3v) is 6.04. The smallest absolute Gasteiger partial charge is 0.261 e. The standard InChI is InChI=1S/C24H24N3O3.BrH/c1-30-18-11-9-17(10-12-18)21-16-25(22-8-4-14-26(21)22)13-5-15-27-23(28)19-6-2-3-7-20(19)24(27)29;/h2-3,6-7,9-12,16H,4-5,8,13-15H2,1H3;1H/q+1;/p-1. The second-order valence-electron chi connectivity index (χ2n) is 7.77. The van der Waals surface area contributed by atoms with Crippen LogP contribution in [0.4, 0.5) is 0 Å². The summed E-state index contributed by atoms with van der Waals surface area (Å²) in [6.07, 6.45) is 5.11. The molecule has 31 heavy (non-hydrogen) atoms. The van der Waals surface area contributed by atoms with Gasteiger partial charge in [0.25, 0.3) is 17.6 Å². The number of aryl methyl sites for hydroxylation is 1. The highest BCUT2D eigenvalue weighted by Gasteiger charge is 2.35. The van der Waals surface area contributed by atoms with Gasteiger partial charge < -0.3 is 21.7 Å². The van der Waals surface area contributed by atoms with Crippen LogP contribution in [0, 0.1) is 0 Å². The number of carbonyl (C=O) groups excluding carboxylic acids is 2. The number of benzene rings is 2. The zero-order valence-corrected chi connectivity index (χ0v) is 19.0. The van der Waals surface area contributed by atoms with Crippen LogP contribution in [0.2, 0.25) is 0 Å². The first-order valence-corrected chi connectivity index (χ1v) is 10.4. The van der Waals surface area contributed by atoms with Gasteiger partial charge in [-0.25, -0.2) is 9.13 Å². The molecule has 2 aliphatic heterocycles. The fourth-order valence-electron chi connectivity index (χ4n) is 4.54. The summed E-state index contributed by atoms with van der Waals surface area (Å²) in [4.78, 5) is 26.5. The Morgan fingerprint density at radius 3 is 2.32 bits per heavy atom. The van der Waals surface area contributed by atoms with Crippen molar-refractivity contribution in [3.8, 4) is 17.0 Å². The van der Waals surface area contributed by atoms with E-state index in [0.717, 1.165) is 43.7 Å². The van der Waals surface area contributed by atoms with Gasteiger partial charge in [-0.05, 0) is 42.8 Å². The van der Waals surface area contributed by atoms with E-state index in [2.05, 4.69) is 27.5 Å². The van der Waals surface area contributed by atoms with Crippen LogP contribution in [0.5, 0.6) is 5.75 Å². The van der Waals surface area contributed by atoms with E-state index in [1.54, 1.807) is 31.4 Å². The van der Waals surface area contributed by atoms with E-state index in [1.807, 2.05) is 12.1 Å². The first kappa shape index (κ1) is 21.3. The number of fused-ring (bicyclic) bond motifs is 2. The predicted octanol–water partition coefficient (Wildman–Crippen LogP) is 0.0877. The van der Waals surface area contributed by atoms with Crippen molar-refractivity contribution in [2.45, 2.75) is 32.4 Å². The Morgan fingerprint density at radius 1 is 1.00 bits per heavy atom. The molecule has 0 unspecified atom stereocenters. The molecule has 0 aliphatic carbocycles. The summed E-state index contributed by atoms with van der Waals surface area (Å²) < 4.78 is 9.94. The normalized spacial score (nSPS) is 14.4. The fourth-order valence-corrected chi connectivity index (χ4v) is 4.54. The number of rotatable bonds is 6. The lowest BCUT2D eigenvalue weighted by Gasteiger charge is -2.12. The van der Waals surface area contributed by atoms with Crippen molar-refractivity contribution in [1.29, 1.82) is 0 Å². The molecule has 2 amide bonds. The number of hydrogen-bond donors (Lipinski definition) is 0. The van der Waals surface area contributed by atoms with Crippen molar-refractivity contribution in [3.63, 3.8) is 0 Å². The number of imidazole rings is 1. The Labute approximate surface area is 191 Å². The first-order valence-electron chi connectivity index (χ1n) is 10.4. The predicted molar refractivity (Wildman–Crippen MR) is 111 cm³/mol. The number of ether oxygens (including phenoxy) is 1. The molecule has 0 saturated carbocycles. The molecule has 2 aliphatic rings. The van der Waals surface area contributed by atoms with Gasteiger partial charge in [-0.15, -0.1) is 0 Å². The Kier molecular flexibility index (Phi) is 5.96. The van der Waals surface area contributed by atoms with Crippen molar-refractivity contribution in [1.82, 2.24) is 9.47 Å². The van der Waals surface area contributed by atoms with Crippen molar-refractivity contribution < 1.29 is 35.9 Å². The molecular weight excluding hydrogens is 458 g/mol. The lowest BCUT2D eigenvalue weighted by molar-refractivity contribution is -0.703. The SMILES string of the molecule is COc1ccc(-c2c[n+](CCCN3C(=O)c4ccccc4C3=O)c3n2CCC3)cc1.[Br-]. The highest BCUT2D eigenvalue weighted by atomic mass is 79.9. The lowest BCUT2D eigenvalue weighted by Crippen LogP contribution is -3.00. The molecule has 160 valence electrons. The van der Waals surface area contributed by atoms with Gasteiger partial charge in [0.1, 0.15) is 11.9 Å². The molecule has 0 atom stereocenters. The van der Waals surface area contributed by atoms with Crippen LogP contribution >= 0.6 is 0 Å². The quantitative estimate of drug-likeness (QED) is 0.370. The van der Waals surface area contributed by atoms with E-state index in [9.17, 15) is 9.59 Å². The maximum absolute atomic E-state index is 12.6. The molecule has 0 radical (unpaired) electrons. The summed E-state index contributed by atoms with van der Waals surface area (Å²) >= 11 is 0. The van der Waals surface area contributed by atoms with E-state index in [4.69, 9.17) is 4.74 Å². The topological polar surface area (TPSA) is 55.4 Å². The molecule has 1 aromatic heterocycles. The van der Waals surface area contributed by atoms with E-state index < -0.39 is 0 Å². The number of amides is 2. The van der Waals surface area contributed by atoms with E-state index in [1.165, 1.54) is 16.4 Å². The number of imide groups is 1. The van der Waals surface area contributed by atoms with E-state index >= 15 is 0 Å². The van der Waals surface area contributed by atoms with Crippen LogP contribution in [0.3, 0.4) is 0 Å². The summed E-state index contributed by atoms with van der Waals surface area (Å²) in [5.74, 6) is 1.80. The summed E-state index contributed by atoms with van der Waals surface area (Å²) in [5, 5.41) is 0. The second kappa shape index (κ2) is 8.67. The molecule has 0 spiro atoms. The minimum absolute atomic E-state index is 0.